The Balaban J connectivity index is 1.95. The summed E-state index contributed by atoms with van der Waals surface area (Å²) in [6, 6.07) is 14.4. The van der Waals surface area contributed by atoms with Gasteiger partial charge in [-0.25, -0.2) is 4.79 Å². The van der Waals surface area contributed by atoms with Gasteiger partial charge in [0.2, 0.25) is 0 Å². The summed E-state index contributed by atoms with van der Waals surface area (Å²) in [6.07, 6.45) is -0.511. The minimum absolute atomic E-state index is 0.160. The van der Waals surface area contributed by atoms with Crippen LogP contribution in [0.25, 0.3) is 0 Å². The van der Waals surface area contributed by atoms with Gasteiger partial charge in [-0.1, -0.05) is 34.1 Å². The quantitative estimate of drug-likeness (QED) is 0.773. The molecule has 0 radical (unpaired) electrons. The Morgan fingerprint density at radius 2 is 1.80 bits per heavy atom. The zero-order valence-corrected chi connectivity index (χ0v) is 16.0. The van der Waals surface area contributed by atoms with Crippen LogP contribution in [0.4, 0.5) is 10.5 Å². The average Bonchev–Trinajstić information content (AvgIpc) is 2.51. The van der Waals surface area contributed by atoms with E-state index in [0.717, 1.165) is 10.0 Å². The van der Waals surface area contributed by atoms with Crippen LogP contribution in [-0.2, 0) is 11.3 Å². The van der Waals surface area contributed by atoms with Crippen LogP contribution in [0.2, 0.25) is 0 Å². The second-order valence-electron chi connectivity index (χ2n) is 6.52. The zero-order chi connectivity index (χ0) is 18.4. The molecular formula is C19H21BrN2O3. The molecule has 0 aliphatic heterocycles. The summed E-state index contributed by atoms with van der Waals surface area (Å²) in [6.45, 7) is 5.77. The highest BCUT2D eigenvalue weighted by Gasteiger charge is 2.16. The molecule has 0 atom stereocenters. The van der Waals surface area contributed by atoms with Crippen molar-refractivity contribution < 1.29 is 14.3 Å². The van der Waals surface area contributed by atoms with Crippen LogP contribution in [0, 0.1) is 0 Å². The Kier molecular flexibility index (Phi) is 6.20. The van der Waals surface area contributed by atoms with Crippen LogP contribution in [0.3, 0.4) is 0 Å². The Labute approximate surface area is 155 Å². The Hall–Kier alpha value is -2.34. The highest BCUT2D eigenvalue weighted by atomic mass is 79.9. The first-order valence-corrected chi connectivity index (χ1v) is 8.65. The van der Waals surface area contributed by atoms with E-state index in [1.807, 2.05) is 24.3 Å². The summed E-state index contributed by atoms with van der Waals surface area (Å²) in [5.41, 5.74) is 1.51. The number of rotatable bonds is 4. The summed E-state index contributed by atoms with van der Waals surface area (Å²) in [5, 5.41) is 5.54. The van der Waals surface area contributed by atoms with Crippen molar-refractivity contribution >= 4 is 33.6 Å². The van der Waals surface area contributed by atoms with Crippen LogP contribution in [-0.4, -0.2) is 17.6 Å². The standard InChI is InChI=1S/C19H21BrN2O3/c1-19(2,3)25-18(24)22-16-9-4-6-13(10-16)12-21-17(23)14-7-5-8-15(20)11-14/h4-11H,12H2,1-3H3,(H,21,23)(H,22,24). The summed E-state index contributed by atoms with van der Waals surface area (Å²) < 4.78 is 6.08. The summed E-state index contributed by atoms with van der Waals surface area (Å²) >= 11 is 3.35. The van der Waals surface area contributed by atoms with E-state index in [9.17, 15) is 9.59 Å². The van der Waals surface area contributed by atoms with Gasteiger partial charge in [-0.3, -0.25) is 10.1 Å². The number of amides is 2. The summed E-state index contributed by atoms with van der Waals surface area (Å²) in [5.74, 6) is -0.160. The highest BCUT2D eigenvalue weighted by Crippen LogP contribution is 2.15. The van der Waals surface area contributed by atoms with Gasteiger partial charge in [-0.15, -0.1) is 0 Å². The van der Waals surface area contributed by atoms with Gasteiger partial charge in [0.1, 0.15) is 5.60 Å². The number of hydrogen-bond donors (Lipinski definition) is 2. The lowest BCUT2D eigenvalue weighted by Gasteiger charge is -2.19. The summed E-state index contributed by atoms with van der Waals surface area (Å²) in [4.78, 5) is 24.0. The third-order valence-corrected chi connectivity index (χ3v) is 3.61. The van der Waals surface area contributed by atoms with Crippen LogP contribution >= 0.6 is 15.9 Å². The smallest absolute Gasteiger partial charge is 0.412 e. The van der Waals surface area contributed by atoms with Gasteiger partial charge in [0.05, 0.1) is 0 Å². The molecule has 25 heavy (non-hydrogen) atoms. The Morgan fingerprint density at radius 3 is 2.48 bits per heavy atom. The van der Waals surface area contributed by atoms with Crippen molar-refractivity contribution in [2.24, 2.45) is 0 Å². The van der Waals surface area contributed by atoms with Crippen molar-refractivity contribution in [2.45, 2.75) is 32.9 Å². The van der Waals surface area contributed by atoms with Gasteiger partial charge in [0.15, 0.2) is 0 Å². The molecule has 0 saturated heterocycles. The molecule has 0 bridgehead atoms. The minimum atomic E-state index is -0.556. The van der Waals surface area contributed by atoms with Crippen molar-refractivity contribution in [1.82, 2.24) is 5.32 Å². The van der Waals surface area contributed by atoms with Crippen LogP contribution in [0.1, 0.15) is 36.7 Å². The van der Waals surface area contributed by atoms with Crippen LogP contribution in [0.15, 0.2) is 53.0 Å². The number of benzene rings is 2. The monoisotopic (exact) mass is 404 g/mol. The second-order valence-corrected chi connectivity index (χ2v) is 7.44. The van der Waals surface area contributed by atoms with Gasteiger partial charge >= 0.3 is 6.09 Å². The molecule has 6 heteroatoms. The predicted molar refractivity (Wildman–Crippen MR) is 102 cm³/mol. The van der Waals surface area contributed by atoms with Gasteiger partial charge < -0.3 is 10.1 Å². The van der Waals surface area contributed by atoms with Gasteiger partial charge in [-0.2, -0.15) is 0 Å². The number of ether oxygens (including phenoxy) is 1. The van der Waals surface area contributed by atoms with Crippen molar-refractivity contribution in [3.05, 3.63) is 64.1 Å². The topological polar surface area (TPSA) is 67.4 Å². The summed E-state index contributed by atoms with van der Waals surface area (Å²) in [7, 11) is 0. The fourth-order valence-corrected chi connectivity index (χ4v) is 2.49. The first kappa shape index (κ1) is 19.0. The zero-order valence-electron chi connectivity index (χ0n) is 14.4. The molecule has 2 N–H and O–H groups in total. The molecule has 2 aromatic rings. The van der Waals surface area contributed by atoms with Crippen molar-refractivity contribution in [1.29, 1.82) is 0 Å². The van der Waals surface area contributed by atoms with E-state index in [4.69, 9.17) is 4.74 Å². The molecule has 0 fully saturated rings. The second kappa shape index (κ2) is 8.16. The van der Waals surface area contributed by atoms with E-state index in [0.29, 0.717) is 17.8 Å². The van der Waals surface area contributed by atoms with Gasteiger partial charge in [0, 0.05) is 22.3 Å². The normalized spacial score (nSPS) is 10.9. The van der Waals surface area contributed by atoms with Gasteiger partial charge in [0.25, 0.3) is 5.91 Å². The molecule has 132 valence electrons. The number of hydrogen-bond acceptors (Lipinski definition) is 3. The van der Waals surface area contributed by atoms with E-state index in [1.165, 1.54) is 0 Å². The molecule has 0 aromatic heterocycles. The fourth-order valence-electron chi connectivity index (χ4n) is 2.09. The molecule has 2 amide bonds. The van der Waals surface area contributed by atoms with Crippen LogP contribution in [0.5, 0.6) is 0 Å². The maximum atomic E-state index is 12.2. The molecule has 0 saturated carbocycles. The minimum Gasteiger partial charge on any atom is -0.444 e. The van der Waals surface area contributed by atoms with Crippen molar-refractivity contribution in [3.8, 4) is 0 Å². The first-order chi connectivity index (χ1) is 11.7. The van der Waals surface area contributed by atoms with Crippen molar-refractivity contribution in [3.63, 3.8) is 0 Å². The highest BCUT2D eigenvalue weighted by molar-refractivity contribution is 9.10. The number of halogens is 1. The van der Waals surface area contributed by atoms with E-state index >= 15 is 0 Å². The SMILES string of the molecule is CC(C)(C)OC(=O)Nc1cccc(CNC(=O)c2cccc(Br)c2)c1. The molecule has 0 spiro atoms. The fraction of sp³-hybridized carbons (Fsp3) is 0.263. The molecule has 2 rings (SSSR count). The number of anilines is 1. The molecule has 0 unspecified atom stereocenters. The third kappa shape index (κ3) is 6.58. The molecule has 2 aromatic carbocycles. The Bertz CT molecular complexity index is 769. The maximum absolute atomic E-state index is 12.2. The molecular weight excluding hydrogens is 384 g/mol. The maximum Gasteiger partial charge on any atom is 0.412 e. The molecule has 0 heterocycles. The van der Waals surface area contributed by atoms with Crippen LogP contribution < -0.4 is 10.6 Å². The number of nitrogens with one attached hydrogen (secondary N) is 2. The number of carbonyl (C=O) groups is 2. The van der Waals surface area contributed by atoms with E-state index in [-0.39, 0.29) is 5.91 Å². The molecule has 5 nitrogen and oxygen atoms in total. The average molecular weight is 405 g/mol. The van der Waals surface area contributed by atoms with E-state index in [2.05, 4.69) is 26.6 Å². The van der Waals surface area contributed by atoms with E-state index < -0.39 is 11.7 Å². The largest absolute Gasteiger partial charge is 0.444 e. The van der Waals surface area contributed by atoms with Gasteiger partial charge in [-0.05, 0) is 56.7 Å². The Morgan fingerprint density at radius 1 is 1.08 bits per heavy atom. The predicted octanol–water partition coefficient (Wildman–Crippen LogP) is 4.73. The van der Waals surface area contributed by atoms with Crippen molar-refractivity contribution in [2.75, 3.05) is 5.32 Å². The number of carbonyl (C=O) groups excluding carboxylic acids is 2. The lowest BCUT2D eigenvalue weighted by molar-refractivity contribution is 0.0635. The molecule has 0 aliphatic carbocycles. The lowest BCUT2D eigenvalue weighted by Crippen LogP contribution is -2.27. The lowest BCUT2D eigenvalue weighted by atomic mass is 10.1. The third-order valence-electron chi connectivity index (χ3n) is 3.11. The van der Waals surface area contributed by atoms with E-state index in [1.54, 1.807) is 45.0 Å². The molecule has 0 aliphatic rings. The first-order valence-electron chi connectivity index (χ1n) is 7.86.